The Labute approximate surface area is 146 Å². The van der Waals surface area contributed by atoms with Gasteiger partial charge in [0, 0.05) is 17.7 Å². The van der Waals surface area contributed by atoms with Gasteiger partial charge in [0.1, 0.15) is 0 Å². The summed E-state index contributed by atoms with van der Waals surface area (Å²) in [4.78, 5) is 23.5. The zero-order valence-corrected chi connectivity index (χ0v) is 13.6. The number of carbonyl (C=O) groups is 2. The molecule has 2 amide bonds. The summed E-state index contributed by atoms with van der Waals surface area (Å²) in [5.74, 6) is -0.583. The maximum absolute atomic E-state index is 12.4. The molecule has 3 rings (SSSR count). The highest BCUT2D eigenvalue weighted by Crippen LogP contribution is 2.21. The molecule has 0 radical (unpaired) electrons. The first-order valence-electron chi connectivity index (χ1n) is 7.96. The molecule has 0 bridgehead atoms. The van der Waals surface area contributed by atoms with E-state index in [9.17, 15) is 9.59 Å². The monoisotopic (exact) mass is 330 g/mol. The first kappa shape index (κ1) is 16.5. The molecule has 0 fully saturated rings. The maximum Gasteiger partial charge on any atom is 0.251 e. The molecular formula is C21H18N2O2. The van der Waals surface area contributed by atoms with Crippen LogP contribution in [0.25, 0.3) is 11.1 Å². The Bertz CT molecular complexity index is 887. The fraction of sp³-hybridized carbons (Fsp3) is 0.0476. The molecule has 0 aromatic heterocycles. The molecule has 25 heavy (non-hydrogen) atoms. The minimum atomic E-state index is -0.458. The standard InChI is InChI=1S/C21H18N2O2/c22-20(24)17-11-9-16(10-12-17)18-7-4-8-19(13-18)21(25)23-14-15-5-2-1-3-6-15/h1-13H,14H2,(H2,22,24)(H,23,25). The topological polar surface area (TPSA) is 72.2 Å². The van der Waals surface area contributed by atoms with E-state index in [0.717, 1.165) is 16.7 Å². The van der Waals surface area contributed by atoms with Gasteiger partial charge in [-0.2, -0.15) is 0 Å². The lowest BCUT2D eigenvalue weighted by Crippen LogP contribution is -2.22. The summed E-state index contributed by atoms with van der Waals surface area (Å²) in [5, 5.41) is 2.92. The quantitative estimate of drug-likeness (QED) is 0.753. The second-order valence-corrected chi connectivity index (χ2v) is 5.69. The lowest BCUT2D eigenvalue weighted by Gasteiger charge is -2.08. The van der Waals surface area contributed by atoms with Crippen molar-refractivity contribution in [3.05, 3.63) is 95.6 Å². The van der Waals surface area contributed by atoms with Crippen LogP contribution in [0.15, 0.2) is 78.9 Å². The highest BCUT2D eigenvalue weighted by molar-refractivity contribution is 5.96. The number of rotatable bonds is 5. The van der Waals surface area contributed by atoms with Crippen LogP contribution in [-0.4, -0.2) is 11.8 Å². The number of amides is 2. The largest absolute Gasteiger partial charge is 0.366 e. The van der Waals surface area contributed by atoms with Gasteiger partial charge < -0.3 is 11.1 Å². The predicted octanol–water partition coefficient (Wildman–Crippen LogP) is 3.38. The molecule has 4 heteroatoms. The van der Waals surface area contributed by atoms with E-state index in [-0.39, 0.29) is 5.91 Å². The van der Waals surface area contributed by atoms with Gasteiger partial charge in [-0.3, -0.25) is 9.59 Å². The highest BCUT2D eigenvalue weighted by atomic mass is 16.2. The Morgan fingerprint density at radius 1 is 0.760 bits per heavy atom. The zero-order chi connectivity index (χ0) is 17.6. The van der Waals surface area contributed by atoms with Crippen molar-refractivity contribution in [2.45, 2.75) is 6.54 Å². The van der Waals surface area contributed by atoms with Crippen molar-refractivity contribution in [2.75, 3.05) is 0 Å². The fourth-order valence-corrected chi connectivity index (χ4v) is 2.55. The van der Waals surface area contributed by atoms with Gasteiger partial charge in [-0.15, -0.1) is 0 Å². The Kier molecular flexibility index (Phi) is 4.90. The summed E-state index contributed by atoms with van der Waals surface area (Å²) in [7, 11) is 0. The van der Waals surface area contributed by atoms with Crippen molar-refractivity contribution in [3.63, 3.8) is 0 Å². The third kappa shape index (κ3) is 4.12. The van der Waals surface area contributed by atoms with E-state index in [2.05, 4.69) is 5.32 Å². The third-order valence-electron chi connectivity index (χ3n) is 3.92. The summed E-state index contributed by atoms with van der Waals surface area (Å²) in [6.07, 6.45) is 0. The van der Waals surface area contributed by atoms with Gasteiger partial charge in [0.15, 0.2) is 0 Å². The van der Waals surface area contributed by atoms with Crippen LogP contribution in [0.5, 0.6) is 0 Å². The van der Waals surface area contributed by atoms with Crippen molar-refractivity contribution in [1.82, 2.24) is 5.32 Å². The average molecular weight is 330 g/mol. The number of hydrogen-bond donors (Lipinski definition) is 2. The van der Waals surface area contributed by atoms with Crippen molar-refractivity contribution < 1.29 is 9.59 Å². The molecule has 0 aliphatic heterocycles. The van der Waals surface area contributed by atoms with E-state index in [1.54, 1.807) is 18.2 Å². The molecule has 0 aliphatic rings. The molecule has 0 saturated carbocycles. The van der Waals surface area contributed by atoms with Crippen LogP contribution in [0, 0.1) is 0 Å². The molecule has 3 aromatic rings. The first-order chi connectivity index (χ1) is 12.1. The van der Waals surface area contributed by atoms with Crippen molar-refractivity contribution in [2.24, 2.45) is 5.73 Å². The van der Waals surface area contributed by atoms with Crippen LogP contribution in [-0.2, 0) is 6.54 Å². The second-order valence-electron chi connectivity index (χ2n) is 5.69. The molecule has 0 spiro atoms. The van der Waals surface area contributed by atoms with Crippen LogP contribution in [0.1, 0.15) is 26.3 Å². The molecule has 0 saturated heterocycles. The van der Waals surface area contributed by atoms with Crippen LogP contribution in [0.4, 0.5) is 0 Å². The molecule has 0 aliphatic carbocycles. The van der Waals surface area contributed by atoms with Gasteiger partial charge >= 0.3 is 0 Å². The van der Waals surface area contributed by atoms with Crippen LogP contribution >= 0.6 is 0 Å². The minimum absolute atomic E-state index is 0.126. The number of primary amides is 1. The maximum atomic E-state index is 12.4. The summed E-state index contributed by atoms with van der Waals surface area (Å²) in [6.45, 7) is 0.483. The van der Waals surface area contributed by atoms with Crippen molar-refractivity contribution in [3.8, 4) is 11.1 Å². The molecule has 0 unspecified atom stereocenters. The van der Waals surface area contributed by atoms with E-state index in [1.165, 1.54) is 0 Å². The predicted molar refractivity (Wildman–Crippen MR) is 98.0 cm³/mol. The number of benzene rings is 3. The van der Waals surface area contributed by atoms with Crippen LogP contribution in [0.2, 0.25) is 0 Å². The van der Waals surface area contributed by atoms with E-state index in [0.29, 0.717) is 17.7 Å². The van der Waals surface area contributed by atoms with E-state index in [4.69, 9.17) is 5.73 Å². The van der Waals surface area contributed by atoms with E-state index < -0.39 is 5.91 Å². The molecular weight excluding hydrogens is 312 g/mol. The summed E-state index contributed by atoms with van der Waals surface area (Å²) in [6, 6.07) is 24.1. The molecule has 0 atom stereocenters. The van der Waals surface area contributed by atoms with Crippen molar-refractivity contribution in [1.29, 1.82) is 0 Å². The summed E-state index contributed by atoms with van der Waals surface area (Å²) >= 11 is 0. The lowest BCUT2D eigenvalue weighted by molar-refractivity contribution is 0.0949. The normalized spacial score (nSPS) is 10.2. The van der Waals surface area contributed by atoms with Gasteiger partial charge in [-0.1, -0.05) is 54.6 Å². The van der Waals surface area contributed by atoms with Gasteiger partial charge in [-0.25, -0.2) is 0 Å². The fourth-order valence-electron chi connectivity index (χ4n) is 2.55. The molecule has 4 nitrogen and oxygen atoms in total. The molecule has 0 heterocycles. The smallest absolute Gasteiger partial charge is 0.251 e. The first-order valence-corrected chi connectivity index (χ1v) is 7.96. The third-order valence-corrected chi connectivity index (χ3v) is 3.92. The van der Waals surface area contributed by atoms with Crippen LogP contribution < -0.4 is 11.1 Å². The highest BCUT2D eigenvalue weighted by Gasteiger charge is 2.08. The minimum Gasteiger partial charge on any atom is -0.366 e. The zero-order valence-electron chi connectivity index (χ0n) is 13.6. The summed E-state index contributed by atoms with van der Waals surface area (Å²) in [5.41, 5.74) is 9.18. The Morgan fingerprint density at radius 2 is 1.48 bits per heavy atom. The van der Waals surface area contributed by atoms with E-state index >= 15 is 0 Å². The van der Waals surface area contributed by atoms with Gasteiger partial charge in [0.05, 0.1) is 0 Å². The SMILES string of the molecule is NC(=O)c1ccc(-c2cccc(C(=O)NCc3ccccc3)c2)cc1. The number of hydrogen-bond acceptors (Lipinski definition) is 2. The number of nitrogens with two attached hydrogens (primary N) is 1. The Balaban J connectivity index is 1.74. The molecule has 3 N–H and O–H groups in total. The van der Waals surface area contributed by atoms with E-state index in [1.807, 2.05) is 60.7 Å². The Morgan fingerprint density at radius 3 is 2.16 bits per heavy atom. The molecule has 124 valence electrons. The van der Waals surface area contributed by atoms with Gasteiger partial charge in [0.25, 0.3) is 5.91 Å². The lowest BCUT2D eigenvalue weighted by atomic mass is 10.0. The summed E-state index contributed by atoms with van der Waals surface area (Å²) < 4.78 is 0. The average Bonchev–Trinajstić information content (AvgIpc) is 2.67. The van der Waals surface area contributed by atoms with Crippen LogP contribution in [0.3, 0.4) is 0 Å². The van der Waals surface area contributed by atoms with Gasteiger partial charge in [-0.05, 0) is 41.0 Å². The molecule has 3 aromatic carbocycles. The van der Waals surface area contributed by atoms with Gasteiger partial charge in [0.2, 0.25) is 5.91 Å². The Hall–Kier alpha value is -3.40. The number of nitrogens with one attached hydrogen (secondary N) is 1. The second kappa shape index (κ2) is 7.45. The number of carbonyl (C=O) groups excluding carboxylic acids is 2. The van der Waals surface area contributed by atoms with Crippen molar-refractivity contribution >= 4 is 11.8 Å².